The van der Waals surface area contributed by atoms with Crippen LogP contribution in [0.1, 0.15) is 36.2 Å². The van der Waals surface area contributed by atoms with Gasteiger partial charge in [-0.15, -0.1) is 0 Å². The molecule has 122 valence electrons. The normalized spacial score (nSPS) is 13.3. The SMILES string of the molecule is CCn1cc(C(=O)NCC(CC)(C(=O)O)c2ccccc2)cn1. The standard InChI is InChI=1S/C17H21N3O3/c1-3-17(16(22)23,14-8-6-5-7-9-14)12-18-15(21)13-10-19-20(4-2)11-13/h5-11H,3-4,12H2,1-2H3,(H,18,21)(H,22,23). The van der Waals surface area contributed by atoms with Crippen molar-refractivity contribution >= 4 is 11.9 Å². The second kappa shape index (κ2) is 7.09. The lowest BCUT2D eigenvalue weighted by Crippen LogP contribution is -2.46. The molecule has 1 unspecified atom stereocenters. The lowest BCUT2D eigenvalue weighted by Gasteiger charge is -2.29. The number of rotatable bonds is 7. The van der Waals surface area contributed by atoms with Gasteiger partial charge in [0, 0.05) is 19.3 Å². The average molecular weight is 315 g/mol. The summed E-state index contributed by atoms with van der Waals surface area (Å²) >= 11 is 0. The van der Waals surface area contributed by atoms with E-state index >= 15 is 0 Å². The Morgan fingerprint density at radius 1 is 1.26 bits per heavy atom. The highest BCUT2D eigenvalue weighted by Gasteiger charge is 2.39. The van der Waals surface area contributed by atoms with Gasteiger partial charge in [0.15, 0.2) is 0 Å². The lowest BCUT2D eigenvalue weighted by molar-refractivity contribution is -0.143. The topological polar surface area (TPSA) is 84.2 Å². The number of aliphatic carboxylic acids is 1. The number of benzene rings is 1. The number of nitrogens with zero attached hydrogens (tertiary/aromatic N) is 2. The van der Waals surface area contributed by atoms with Crippen molar-refractivity contribution in [1.29, 1.82) is 0 Å². The van der Waals surface area contributed by atoms with Crippen LogP contribution >= 0.6 is 0 Å². The fourth-order valence-corrected chi connectivity index (χ4v) is 2.53. The Balaban J connectivity index is 2.19. The molecule has 0 spiro atoms. The third kappa shape index (κ3) is 3.41. The van der Waals surface area contributed by atoms with Gasteiger partial charge >= 0.3 is 5.97 Å². The molecule has 23 heavy (non-hydrogen) atoms. The molecule has 0 aliphatic heterocycles. The third-order valence-corrected chi connectivity index (χ3v) is 4.11. The summed E-state index contributed by atoms with van der Waals surface area (Å²) in [5.41, 5.74) is -0.0349. The summed E-state index contributed by atoms with van der Waals surface area (Å²) in [5, 5.41) is 16.5. The molecule has 6 heteroatoms. The Morgan fingerprint density at radius 3 is 2.48 bits per heavy atom. The smallest absolute Gasteiger partial charge is 0.315 e. The summed E-state index contributed by atoms with van der Waals surface area (Å²) in [4.78, 5) is 24.1. The van der Waals surface area contributed by atoms with Crippen LogP contribution in [0.15, 0.2) is 42.7 Å². The van der Waals surface area contributed by atoms with Crippen LogP contribution in [0.3, 0.4) is 0 Å². The molecule has 0 bridgehead atoms. The summed E-state index contributed by atoms with van der Waals surface area (Å²) in [7, 11) is 0. The molecule has 1 aromatic heterocycles. The number of carbonyl (C=O) groups is 2. The first-order valence-electron chi connectivity index (χ1n) is 7.63. The van der Waals surface area contributed by atoms with Crippen molar-refractivity contribution in [2.45, 2.75) is 32.2 Å². The minimum absolute atomic E-state index is 0.0268. The highest BCUT2D eigenvalue weighted by molar-refractivity contribution is 5.94. The molecular formula is C17H21N3O3. The number of aryl methyl sites for hydroxylation is 1. The quantitative estimate of drug-likeness (QED) is 0.819. The van der Waals surface area contributed by atoms with E-state index in [9.17, 15) is 14.7 Å². The molecule has 6 nitrogen and oxygen atoms in total. The molecule has 0 fully saturated rings. The fourth-order valence-electron chi connectivity index (χ4n) is 2.53. The van der Waals surface area contributed by atoms with Gasteiger partial charge in [-0.25, -0.2) is 0 Å². The Labute approximate surface area is 135 Å². The third-order valence-electron chi connectivity index (χ3n) is 4.11. The van der Waals surface area contributed by atoms with Gasteiger partial charge in [0.1, 0.15) is 5.41 Å². The van der Waals surface area contributed by atoms with Crippen molar-refractivity contribution in [3.8, 4) is 0 Å². The van der Waals surface area contributed by atoms with Crippen molar-refractivity contribution in [2.24, 2.45) is 0 Å². The van der Waals surface area contributed by atoms with Crippen molar-refractivity contribution in [1.82, 2.24) is 15.1 Å². The highest BCUT2D eigenvalue weighted by Crippen LogP contribution is 2.28. The molecule has 0 radical (unpaired) electrons. The largest absolute Gasteiger partial charge is 0.481 e. The number of amides is 1. The van der Waals surface area contributed by atoms with Gasteiger partial charge < -0.3 is 10.4 Å². The number of carbonyl (C=O) groups excluding carboxylic acids is 1. The van der Waals surface area contributed by atoms with Crippen LogP contribution in [0.25, 0.3) is 0 Å². The molecule has 1 aromatic carbocycles. The Morgan fingerprint density at radius 2 is 1.96 bits per heavy atom. The first kappa shape index (κ1) is 16.7. The minimum atomic E-state index is -1.14. The number of carboxylic acid groups (broad SMARTS) is 1. The highest BCUT2D eigenvalue weighted by atomic mass is 16.4. The molecule has 0 saturated heterocycles. The maximum atomic E-state index is 12.2. The second-order valence-corrected chi connectivity index (χ2v) is 5.37. The van der Waals surface area contributed by atoms with Gasteiger partial charge in [0.2, 0.25) is 0 Å². The lowest BCUT2D eigenvalue weighted by atomic mass is 9.78. The average Bonchev–Trinajstić information content (AvgIpc) is 3.05. The van der Waals surface area contributed by atoms with Gasteiger partial charge in [-0.3, -0.25) is 14.3 Å². The van der Waals surface area contributed by atoms with Gasteiger partial charge in [0.25, 0.3) is 5.91 Å². The molecule has 0 saturated carbocycles. The molecule has 0 aliphatic rings. The molecular weight excluding hydrogens is 294 g/mol. The van der Waals surface area contributed by atoms with E-state index in [1.807, 2.05) is 19.9 Å². The summed E-state index contributed by atoms with van der Waals surface area (Å²) < 4.78 is 1.65. The molecule has 2 rings (SSSR count). The minimum Gasteiger partial charge on any atom is -0.481 e. The maximum Gasteiger partial charge on any atom is 0.315 e. The molecule has 2 aromatic rings. The van der Waals surface area contributed by atoms with E-state index in [1.165, 1.54) is 6.20 Å². The van der Waals surface area contributed by atoms with Crippen LogP contribution in [0.4, 0.5) is 0 Å². The van der Waals surface area contributed by atoms with Crippen LogP contribution in [0, 0.1) is 0 Å². The van der Waals surface area contributed by atoms with Gasteiger partial charge in [-0.05, 0) is 18.9 Å². The van der Waals surface area contributed by atoms with Gasteiger partial charge in [-0.1, -0.05) is 37.3 Å². The van der Waals surface area contributed by atoms with E-state index in [-0.39, 0.29) is 12.5 Å². The molecule has 1 atom stereocenters. The Bertz CT molecular complexity index is 681. The van der Waals surface area contributed by atoms with Gasteiger partial charge in [-0.2, -0.15) is 5.10 Å². The summed E-state index contributed by atoms with van der Waals surface area (Å²) in [5.74, 6) is -1.27. The molecule has 1 amide bonds. The zero-order chi connectivity index (χ0) is 16.9. The van der Waals surface area contributed by atoms with Crippen LogP contribution in [0.2, 0.25) is 0 Å². The summed E-state index contributed by atoms with van der Waals surface area (Å²) in [6, 6.07) is 8.99. The monoisotopic (exact) mass is 315 g/mol. The number of hydrogen-bond acceptors (Lipinski definition) is 3. The predicted octanol–water partition coefficient (Wildman–Crippen LogP) is 2.07. The van der Waals surface area contributed by atoms with Crippen LogP contribution in [-0.4, -0.2) is 33.3 Å². The number of hydrogen-bond donors (Lipinski definition) is 2. The maximum absolute atomic E-state index is 12.2. The van der Waals surface area contributed by atoms with Crippen molar-refractivity contribution < 1.29 is 14.7 Å². The van der Waals surface area contributed by atoms with Crippen molar-refractivity contribution in [2.75, 3.05) is 6.54 Å². The first-order valence-corrected chi connectivity index (χ1v) is 7.63. The molecule has 1 heterocycles. The van der Waals surface area contributed by atoms with E-state index in [0.717, 1.165) is 0 Å². The summed E-state index contributed by atoms with van der Waals surface area (Å²) in [6.07, 6.45) is 3.50. The van der Waals surface area contributed by atoms with Crippen molar-refractivity contribution in [3.05, 3.63) is 53.9 Å². The number of nitrogens with one attached hydrogen (secondary N) is 1. The van der Waals surface area contributed by atoms with Crippen LogP contribution < -0.4 is 5.32 Å². The summed E-state index contributed by atoms with van der Waals surface area (Å²) in [6.45, 7) is 4.43. The molecule has 2 N–H and O–H groups in total. The first-order chi connectivity index (χ1) is 11.0. The van der Waals surface area contributed by atoms with Crippen LogP contribution in [0.5, 0.6) is 0 Å². The zero-order valence-electron chi connectivity index (χ0n) is 13.3. The van der Waals surface area contributed by atoms with Crippen LogP contribution in [-0.2, 0) is 16.8 Å². The second-order valence-electron chi connectivity index (χ2n) is 5.37. The van der Waals surface area contributed by atoms with Crippen molar-refractivity contribution in [3.63, 3.8) is 0 Å². The van der Waals surface area contributed by atoms with E-state index in [4.69, 9.17) is 0 Å². The number of carboxylic acids is 1. The van der Waals surface area contributed by atoms with E-state index in [0.29, 0.717) is 24.1 Å². The Hall–Kier alpha value is -2.63. The fraction of sp³-hybridized carbons (Fsp3) is 0.353. The van der Waals surface area contributed by atoms with E-state index < -0.39 is 11.4 Å². The zero-order valence-corrected chi connectivity index (χ0v) is 13.3. The Kier molecular flexibility index (Phi) is 5.16. The molecule has 0 aliphatic carbocycles. The van der Waals surface area contributed by atoms with E-state index in [2.05, 4.69) is 10.4 Å². The van der Waals surface area contributed by atoms with E-state index in [1.54, 1.807) is 35.1 Å². The van der Waals surface area contributed by atoms with Gasteiger partial charge in [0.05, 0.1) is 11.8 Å². The number of aromatic nitrogens is 2. The predicted molar refractivity (Wildman–Crippen MR) is 86.3 cm³/mol.